The van der Waals surface area contributed by atoms with Gasteiger partial charge in [0.05, 0.1) is 12.1 Å². The lowest BCUT2D eigenvalue weighted by Gasteiger charge is -2.23. The third-order valence-corrected chi connectivity index (χ3v) is 1.37. The van der Waals surface area contributed by atoms with Crippen LogP contribution in [0, 0.1) is 12.3 Å². The first-order chi connectivity index (χ1) is 5.52. The van der Waals surface area contributed by atoms with Crippen molar-refractivity contribution in [1.82, 2.24) is 5.32 Å². The molecule has 0 heterocycles. The third-order valence-electron chi connectivity index (χ3n) is 1.37. The number of carbonyl (C=O) groups is 1. The molecule has 0 bridgehead atoms. The average molecular weight is 169 g/mol. The van der Waals surface area contributed by atoms with Gasteiger partial charge in [0.1, 0.15) is 0 Å². The van der Waals surface area contributed by atoms with Gasteiger partial charge in [-0.15, -0.1) is 12.3 Å². The molecule has 0 rings (SSSR count). The maximum Gasteiger partial charge on any atom is 0.221 e. The van der Waals surface area contributed by atoms with Crippen molar-refractivity contribution < 1.29 is 9.90 Å². The Kier molecular flexibility index (Phi) is 4.38. The fraction of sp³-hybridized carbons (Fsp3) is 0.667. The Morgan fingerprint density at radius 1 is 1.67 bits per heavy atom. The van der Waals surface area contributed by atoms with E-state index < -0.39 is 5.54 Å². The summed E-state index contributed by atoms with van der Waals surface area (Å²) in [5.74, 6) is 2.26. The minimum Gasteiger partial charge on any atom is -0.394 e. The quantitative estimate of drug-likeness (QED) is 0.594. The molecule has 0 aromatic rings. The van der Waals surface area contributed by atoms with Crippen LogP contribution in [0.4, 0.5) is 0 Å². The molecule has 12 heavy (non-hydrogen) atoms. The summed E-state index contributed by atoms with van der Waals surface area (Å²) >= 11 is 0. The Bertz CT molecular complexity index is 191. The molecule has 1 amide bonds. The van der Waals surface area contributed by atoms with Crippen molar-refractivity contribution in [3.05, 3.63) is 0 Å². The van der Waals surface area contributed by atoms with Crippen molar-refractivity contribution in [3.63, 3.8) is 0 Å². The molecule has 0 fully saturated rings. The van der Waals surface area contributed by atoms with Gasteiger partial charge in [-0.3, -0.25) is 4.79 Å². The molecule has 3 heteroatoms. The Labute approximate surface area is 73.2 Å². The summed E-state index contributed by atoms with van der Waals surface area (Å²) < 4.78 is 0. The summed E-state index contributed by atoms with van der Waals surface area (Å²) in [6.45, 7) is 3.43. The van der Waals surface area contributed by atoms with Crippen molar-refractivity contribution in [2.24, 2.45) is 0 Å². The lowest BCUT2D eigenvalue weighted by molar-refractivity contribution is -0.123. The summed E-state index contributed by atoms with van der Waals surface area (Å²) in [5, 5.41) is 11.5. The number of hydrogen-bond acceptors (Lipinski definition) is 2. The standard InChI is InChI=1S/C9H15NO2/c1-4-5-6-8(12)10-9(2,3)7-11/h1,11H,5-7H2,2-3H3,(H,10,12). The first-order valence-corrected chi connectivity index (χ1v) is 3.87. The minimum absolute atomic E-state index is 0.0746. The van der Waals surface area contributed by atoms with E-state index in [-0.39, 0.29) is 12.5 Å². The first-order valence-electron chi connectivity index (χ1n) is 3.87. The van der Waals surface area contributed by atoms with Gasteiger partial charge in [-0.1, -0.05) is 0 Å². The molecule has 0 unspecified atom stereocenters. The van der Waals surface area contributed by atoms with Crippen LogP contribution in [-0.4, -0.2) is 23.2 Å². The largest absolute Gasteiger partial charge is 0.394 e. The third kappa shape index (κ3) is 4.75. The highest BCUT2D eigenvalue weighted by Gasteiger charge is 2.17. The predicted octanol–water partition coefficient (Wildman–Crippen LogP) is 0.287. The highest BCUT2D eigenvalue weighted by Crippen LogP contribution is 2.00. The minimum atomic E-state index is -0.550. The summed E-state index contributed by atoms with van der Waals surface area (Å²) in [6, 6.07) is 0. The predicted molar refractivity (Wildman–Crippen MR) is 47.4 cm³/mol. The molecule has 0 atom stereocenters. The van der Waals surface area contributed by atoms with Crippen LogP contribution in [0.25, 0.3) is 0 Å². The number of amides is 1. The molecule has 68 valence electrons. The zero-order valence-electron chi connectivity index (χ0n) is 7.55. The number of aliphatic hydroxyl groups is 1. The molecule has 0 saturated carbocycles. The molecular weight excluding hydrogens is 154 g/mol. The van der Waals surface area contributed by atoms with E-state index >= 15 is 0 Å². The lowest BCUT2D eigenvalue weighted by Crippen LogP contribution is -2.46. The van der Waals surface area contributed by atoms with E-state index in [1.807, 2.05) is 0 Å². The molecule has 0 aromatic heterocycles. The van der Waals surface area contributed by atoms with E-state index in [0.29, 0.717) is 12.8 Å². The molecule has 0 radical (unpaired) electrons. The molecule has 0 aliphatic heterocycles. The average Bonchev–Trinajstić information content (AvgIpc) is 2.00. The number of aliphatic hydroxyl groups excluding tert-OH is 1. The van der Waals surface area contributed by atoms with E-state index in [0.717, 1.165) is 0 Å². The normalized spacial score (nSPS) is 10.5. The van der Waals surface area contributed by atoms with Crippen LogP contribution in [0.5, 0.6) is 0 Å². The van der Waals surface area contributed by atoms with E-state index in [1.54, 1.807) is 13.8 Å². The maximum atomic E-state index is 11.1. The number of carbonyl (C=O) groups excluding carboxylic acids is 1. The maximum absolute atomic E-state index is 11.1. The van der Waals surface area contributed by atoms with E-state index in [4.69, 9.17) is 11.5 Å². The Hall–Kier alpha value is -1.01. The Balaban J connectivity index is 3.78. The van der Waals surface area contributed by atoms with Crippen molar-refractivity contribution in [2.45, 2.75) is 32.2 Å². The Morgan fingerprint density at radius 2 is 2.25 bits per heavy atom. The summed E-state index contributed by atoms with van der Waals surface area (Å²) in [7, 11) is 0. The van der Waals surface area contributed by atoms with E-state index in [2.05, 4.69) is 11.2 Å². The Morgan fingerprint density at radius 3 is 2.67 bits per heavy atom. The smallest absolute Gasteiger partial charge is 0.221 e. The van der Waals surface area contributed by atoms with Crippen LogP contribution in [0.1, 0.15) is 26.7 Å². The van der Waals surface area contributed by atoms with Gasteiger partial charge in [-0.05, 0) is 13.8 Å². The second-order valence-electron chi connectivity index (χ2n) is 3.29. The van der Waals surface area contributed by atoms with Crippen LogP contribution in [-0.2, 0) is 4.79 Å². The summed E-state index contributed by atoms with van der Waals surface area (Å²) in [4.78, 5) is 11.1. The van der Waals surface area contributed by atoms with Crippen LogP contribution in [0.15, 0.2) is 0 Å². The van der Waals surface area contributed by atoms with Crippen LogP contribution < -0.4 is 5.32 Å². The van der Waals surface area contributed by atoms with Gasteiger partial charge in [-0.2, -0.15) is 0 Å². The molecular formula is C9H15NO2. The van der Waals surface area contributed by atoms with Gasteiger partial charge < -0.3 is 10.4 Å². The monoisotopic (exact) mass is 169 g/mol. The molecule has 0 aromatic carbocycles. The van der Waals surface area contributed by atoms with Gasteiger partial charge in [0.2, 0.25) is 5.91 Å². The van der Waals surface area contributed by atoms with E-state index in [1.165, 1.54) is 0 Å². The zero-order chi connectivity index (χ0) is 9.61. The number of nitrogens with one attached hydrogen (secondary N) is 1. The molecule has 0 saturated heterocycles. The van der Waals surface area contributed by atoms with Gasteiger partial charge in [-0.25, -0.2) is 0 Å². The highest BCUT2D eigenvalue weighted by atomic mass is 16.3. The number of hydrogen-bond donors (Lipinski definition) is 2. The molecule has 0 spiro atoms. The SMILES string of the molecule is C#CCCC(=O)NC(C)(C)CO. The lowest BCUT2D eigenvalue weighted by atomic mass is 10.1. The van der Waals surface area contributed by atoms with Gasteiger partial charge in [0.15, 0.2) is 0 Å². The summed E-state index contributed by atoms with van der Waals surface area (Å²) in [5.41, 5.74) is -0.550. The second-order valence-corrected chi connectivity index (χ2v) is 3.29. The van der Waals surface area contributed by atoms with Crippen molar-refractivity contribution in [2.75, 3.05) is 6.61 Å². The van der Waals surface area contributed by atoms with Crippen LogP contribution in [0.2, 0.25) is 0 Å². The molecule has 3 nitrogen and oxygen atoms in total. The van der Waals surface area contributed by atoms with Crippen LogP contribution in [0.3, 0.4) is 0 Å². The molecule has 0 aliphatic rings. The topological polar surface area (TPSA) is 49.3 Å². The second kappa shape index (κ2) is 4.78. The van der Waals surface area contributed by atoms with Gasteiger partial charge in [0, 0.05) is 12.8 Å². The van der Waals surface area contributed by atoms with Crippen LogP contribution >= 0.6 is 0 Å². The fourth-order valence-corrected chi connectivity index (χ4v) is 0.665. The van der Waals surface area contributed by atoms with Crippen molar-refractivity contribution in [3.8, 4) is 12.3 Å². The van der Waals surface area contributed by atoms with Crippen molar-refractivity contribution >= 4 is 5.91 Å². The highest BCUT2D eigenvalue weighted by molar-refractivity contribution is 5.76. The fourth-order valence-electron chi connectivity index (χ4n) is 0.665. The zero-order valence-corrected chi connectivity index (χ0v) is 7.55. The number of terminal acetylenes is 1. The number of rotatable bonds is 4. The first kappa shape index (κ1) is 11.0. The van der Waals surface area contributed by atoms with Crippen molar-refractivity contribution in [1.29, 1.82) is 0 Å². The van der Waals surface area contributed by atoms with Gasteiger partial charge >= 0.3 is 0 Å². The van der Waals surface area contributed by atoms with Gasteiger partial charge in [0.25, 0.3) is 0 Å². The van der Waals surface area contributed by atoms with E-state index in [9.17, 15) is 4.79 Å². The summed E-state index contributed by atoms with van der Waals surface area (Å²) in [6.07, 6.45) is 5.75. The molecule has 0 aliphatic carbocycles. The molecule has 2 N–H and O–H groups in total.